The van der Waals surface area contributed by atoms with E-state index >= 15 is 0 Å². The number of carbonyl (C=O) groups excluding carboxylic acids is 2. The van der Waals surface area contributed by atoms with Crippen molar-refractivity contribution in [1.82, 2.24) is 14.6 Å². The van der Waals surface area contributed by atoms with Gasteiger partial charge in [0.2, 0.25) is 11.8 Å². The summed E-state index contributed by atoms with van der Waals surface area (Å²) in [4.78, 5) is 36.6. The Kier molecular flexibility index (Phi) is 4.05. The quantitative estimate of drug-likeness (QED) is 0.829. The number of rotatable bonds is 4. The second-order valence-corrected chi connectivity index (χ2v) is 5.30. The predicted molar refractivity (Wildman–Crippen MR) is 75.9 cm³/mol. The van der Waals surface area contributed by atoms with Crippen LogP contribution < -0.4 is 5.76 Å². The molecule has 1 aliphatic rings. The Morgan fingerprint density at radius 3 is 2.65 bits per heavy atom. The summed E-state index contributed by atoms with van der Waals surface area (Å²) in [6.07, 6.45) is 1.19. The van der Waals surface area contributed by atoms with E-state index in [1.54, 1.807) is 12.1 Å². The Morgan fingerprint density at radius 1 is 1.26 bits per heavy atom. The van der Waals surface area contributed by atoms with Crippen molar-refractivity contribution < 1.29 is 18.5 Å². The topological polar surface area (TPSA) is 85.4 Å². The molecule has 23 heavy (non-hydrogen) atoms. The summed E-state index contributed by atoms with van der Waals surface area (Å²) in [6.45, 7) is 0.0651. The van der Waals surface area contributed by atoms with E-state index in [-0.39, 0.29) is 30.5 Å². The fourth-order valence-electron chi connectivity index (χ4n) is 2.50. The molecule has 2 amide bonds. The number of nitrogens with zero attached hydrogens (tertiary/aromatic N) is 3. The van der Waals surface area contributed by atoms with Gasteiger partial charge in [0.15, 0.2) is 5.82 Å². The summed E-state index contributed by atoms with van der Waals surface area (Å²) < 4.78 is 18.6. The fraction of sp³-hybridized carbons (Fsp3) is 0.333. The van der Waals surface area contributed by atoms with Gasteiger partial charge < -0.3 is 0 Å². The summed E-state index contributed by atoms with van der Waals surface area (Å²) in [5.41, 5.74) is 0.721. The molecule has 1 aromatic heterocycles. The lowest BCUT2D eigenvalue weighted by Crippen LogP contribution is -2.37. The van der Waals surface area contributed by atoms with Gasteiger partial charge in [0.25, 0.3) is 0 Å². The first-order valence-electron chi connectivity index (χ1n) is 7.17. The Morgan fingerprint density at radius 2 is 2.00 bits per heavy atom. The molecule has 8 heteroatoms. The van der Waals surface area contributed by atoms with Gasteiger partial charge in [-0.05, 0) is 24.1 Å². The summed E-state index contributed by atoms with van der Waals surface area (Å²) >= 11 is 0. The fourth-order valence-corrected chi connectivity index (χ4v) is 2.50. The number of hydrogen-bond donors (Lipinski definition) is 0. The van der Waals surface area contributed by atoms with Gasteiger partial charge in [0, 0.05) is 19.4 Å². The molecule has 3 rings (SSSR count). The van der Waals surface area contributed by atoms with Gasteiger partial charge in [-0.1, -0.05) is 17.3 Å². The molecule has 2 heterocycles. The number of carbonyl (C=O) groups is 2. The number of imide groups is 1. The third-order valence-electron chi connectivity index (χ3n) is 3.70. The number of aromatic nitrogens is 2. The van der Waals surface area contributed by atoms with Crippen molar-refractivity contribution in [2.24, 2.45) is 0 Å². The Balaban J connectivity index is 1.78. The second kappa shape index (κ2) is 6.15. The van der Waals surface area contributed by atoms with Crippen molar-refractivity contribution in [3.8, 4) is 0 Å². The minimum atomic E-state index is -0.762. The average molecular weight is 319 g/mol. The van der Waals surface area contributed by atoms with Crippen LogP contribution in [0.3, 0.4) is 0 Å². The molecule has 7 nitrogen and oxygen atoms in total. The average Bonchev–Trinajstić information content (AvgIpc) is 3.10. The van der Waals surface area contributed by atoms with Gasteiger partial charge in [0.05, 0.1) is 0 Å². The van der Waals surface area contributed by atoms with E-state index in [9.17, 15) is 18.8 Å². The van der Waals surface area contributed by atoms with Crippen LogP contribution in [0.1, 0.15) is 24.2 Å². The molecule has 0 saturated carbocycles. The van der Waals surface area contributed by atoms with Crippen molar-refractivity contribution in [3.63, 3.8) is 0 Å². The SMILES string of the molecule is O=C1CCCN1C(=O)Cn1c(Cc2ccc(F)cc2)noc1=O. The largest absolute Gasteiger partial charge is 0.442 e. The van der Waals surface area contributed by atoms with E-state index in [1.807, 2.05) is 0 Å². The lowest BCUT2D eigenvalue weighted by atomic mass is 10.1. The standard InChI is InChI=1S/C15H14FN3O4/c16-11-5-3-10(4-6-11)8-12-17-23-15(22)19(12)9-14(21)18-7-1-2-13(18)20/h3-6H,1-2,7-9H2. The molecule has 0 unspecified atom stereocenters. The van der Waals surface area contributed by atoms with Crippen LogP contribution in [0.2, 0.25) is 0 Å². The summed E-state index contributed by atoms with van der Waals surface area (Å²) in [7, 11) is 0. The van der Waals surface area contributed by atoms with Gasteiger partial charge in [-0.3, -0.25) is 23.6 Å². The van der Waals surface area contributed by atoms with E-state index in [0.717, 1.165) is 15.0 Å². The van der Waals surface area contributed by atoms with Gasteiger partial charge in [-0.15, -0.1) is 0 Å². The van der Waals surface area contributed by atoms with Crippen LogP contribution in [-0.2, 0) is 22.6 Å². The first-order chi connectivity index (χ1) is 11.0. The van der Waals surface area contributed by atoms with E-state index in [0.29, 0.717) is 19.4 Å². The number of likely N-dealkylation sites (tertiary alicyclic amines) is 1. The highest BCUT2D eigenvalue weighted by atomic mass is 19.1. The van der Waals surface area contributed by atoms with Crippen LogP contribution in [0.25, 0.3) is 0 Å². The van der Waals surface area contributed by atoms with Gasteiger partial charge >= 0.3 is 5.76 Å². The van der Waals surface area contributed by atoms with Gasteiger partial charge in [-0.25, -0.2) is 9.18 Å². The van der Waals surface area contributed by atoms with Crippen molar-refractivity contribution in [3.05, 3.63) is 52.0 Å². The van der Waals surface area contributed by atoms with E-state index in [2.05, 4.69) is 9.68 Å². The van der Waals surface area contributed by atoms with Crippen LogP contribution >= 0.6 is 0 Å². The lowest BCUT2D eigenvalue weighted by Gasteiger charge is -2.13. The number of amides is 2. The van der Waals surface area contributed by atoms with Gasteiger partial charge in [0.1, 0.15) is 12.4 Å². The number of benzene rings is 1. The first-order valence-corrected chi connectivity index (χ1v) is 7.17. The maximum Gasteiger partial charge on any atom is 0.442 e. The normalized spacial score (nSPS) is 14.5. The minimum absolute atomic E-state index is 0.216. The highest BCUT2D eigenvalue weighted by molar-refractivity contribution is 5.96. The van der Waals surface area contributed by atoms with Crippen molar-refractivity contribution in [2.45, 2.75) is 25.8 Å². The Hall–Kier alpha value is -2.77. The van der Waals surface area contributed by atoms with Crippen LogP contribution in [0, 0.1) is 5.82 Å². The molecular formula is C15H14FN3O4. The molecule has 0 aliphatic carbocycles. The van der Waals surface area contributed by atoms with Crippen molar-refractivity contribution in [1.29, 1.82) is 0 Å². The molecule has 0 radical (unpaired) electrons. The molecular weight excluding hydrogens is 305 g/mol. The third kappa shape index (κ3) is 3.20. The van der Waals surface area contributed by atoms with E-state index < -0.39 is 11.7 Å². The number of halogens is 1. The van der Waals surface area contributed by atoms with Gasteiger partial charge in [-0.2, -0.15) is 0 Å². The highest BCUT2D eigenvalue weighted by Gasteiger charge is 2.27. The molecule has 0 N–H and O–H groups in total. The lowest BCUT2D eigenvalue weighted by molar-refractivity contribution is -0.142. The zero-order valence-electron chi connectivity index (χ0n) is 12.2. The molecule has 1 fully saturated rings. The van der Waals surface area contributed by atoms with Crippen LogP contribution in [0.5, 0.6) is 0 Å². The monoisotopic (exact) mass is 319 g/mol. The molecule has 120 valence electrons. The van der Waals surface area contributed by atoms with Crippen molar-refractivity contribution in [2.75, 3.05) is 6.54 Å². The molecule has 0 atom stereocenters. The number of hydrogen-bond acceptors (Lipinski definition) is 5. The predicted octanol–water partition coefficient (Wildman–Crippen LogP) is 0.715. The molecule has 1 aliphatic heterocycles. The van der Waals surface area contributed by atoms with Crippen molar-refractivity contribution >= 4 is 11.8 Å². The second-order valence-electron chi connectivity index (χ2n) is 5.30. The molecule has 0 bridgehead atoms. The molecule has 1 aromatic carbocycles. The summed E-state index contributed by atoms with van der Waals surface area (Å²) in [5, 5.41) is 3.66. The smallest absolute Gasteiger partial charge is 0.296 e. The minimum Gasteiger partial charge on any atom is -0.296 e. The summed E-state index contributed by atoms with van der Waals surface area (Å²) in [5.74, 6) is -1.57. The third-order valence-corrected chi connectivity index (χ3v) is 3.70. The maximum absolute atomic E-state index is 12.9. The maximum atomic E-state index is 12.9. The zero-order valence-corrected chi connectivity index (χ0v) is 12.2. The van der Waals surface area contributed by atoms with E-state index in [4.69, 9.17) is 0 Å². The molecule has 2 aromatic rings. The first kappa shape index (κ1) is 15.1. The van der Waals surface area contributed by atoms with E-state index in [1.165, 1.54) is 12.1 Å². The van der Waals surface area contributed by atoms with Crippen LogP contribution in [-0.4, -0.2) is 33.0 Å². The van der Waals surface area contributed by atoms with Crippen LogP contribution in [0.4, 0.5) is 4.39 Å². The Labute approximate surface area is 130 Å². The Bertz CT molecular complexity index is 794. The molecule has 1 saturated heterocycles. The summed E-state index contributed by atoms with van der Waals surface area (Å²) in [6, 6.07) is 5.72. The molecule has 0 spiro atoms. The zero-order chi connectivity index (χ0) is 16.4. The highest BCUT2D eigenvalue weighted by Crippen LogP contribution is 2.12. The van der Waals surface area contributed by atoms with Crippen LogP contribution in [0.15, 0.2) is 33.6 Å².